The number of hydrogen-bond donors (Lipinski definition) is 0. The van der Waals surface area contributed by atoms with E-state index >= 15 is 0 Å². The van der Waals surface area contributed by atoms with Gasteiger partial charge < -0.3 is 4.74 Å². The zero-order valence-electron chi connectivity index (χ0n) is 8.92. The van der Waals surface area contributed by atoms with E-state index in [0.717, 1.165) is 6.92 Å². The fourth-order valence-corrected chi connectivity index (χ4v) is 1.69. The Morgan fingerprint density at radius 1 is 1.40 bits per heavy atom. The molecule has 0 bridgehead atoms. The van der Waals surface area contributed by atoms with Gasteiger partial charge >= 0.3 is 5.97 Å². The largest absolute Gasteiger partial charge is 0.462 e. The van der Waals surface area contributed by atoms with Crippen molar-refractivity contribution in [3.05, 3.63) is 0 Å². The standard InChI is InChI=1S/C10H14F2O3/c1-5(2)15-9(14)10(6(3)13)4-7(10)8(11)12/h5,7-8H,4H2,1-3H3. The van der Waals surface area contributed by atoms with Crippen molar-refractivity contribution in [2.75, 3.05) is 0 Å². The van der Waals surface area contributed by atoms with Crippen LogP contribution in [-0.2, 0) is 14.3 Å². The van der Waals surface area contributed by atoms with Crippen molar-refractivity contribution >= 4 is 11.8 Å². The van der Waals surface area contributed by atoms with Crippen molar-refractivity contribution in [2.24, 2.45) is 11.3 Å². The Morgan fingerprint density at radius 2 is 1.93 bits per heavy atom. The zero-order chi connectivity index (χ0) is 11.8. The first-order chi connectivity index (χ1) is 6.82. The van der Waals surface area contributed by atoms with Crippen molar-refractivity contribution in [2.45, 2.75) is 39.7 Å². The number of Topliss-reactive ketones (excluding diaryl/α,β-unsaturated/α-hetero) is 1. The zero-order valence-corrected chi connectivity index (χ0v) is 8.92. The summed E-state index contributed by atoms with van der Waals surface area (Å²) < 4.78 is 29.7. The van der Waals surface area contributed by atoms with E-state index in [1.54, 1.807) is 13.8 Å². The minimum Gasteiger partial charge on any atom is -0.462 e. The number of alkyl halides is 2. The van der Waals surface area contributed by atoms with E-state index in [1.807, 2.05) is 0 Å². The SMILES string of the molecule is CC(=O)C1(C(=O)OC(C)C)CC1C(F)F. The Bertz CT molecular complexity index is 288. The van der Waals surface area contributed by atoms with Crippen molar-refractivity contribution < 1.29 is 23.1 Å². The third-order valence-electron chi connectivity index (χ3n) is 2.65. The van der Waals surface area contributed by atoms with E-state index in [2.05, 4.69) is 0 Å². The van der Waals surface area contributed by atoms with Gasteiger partial charge in [-0.2, -0.15) is 0 Å². The van der Waals surface area contributed by atoms with Crippen LogP contribution >= 0.6 is 0 Å². The number of ketones is 1. The van der Waals surface area contributed by atoms with Crippen LogP contribution in [0, 0.1) is 11.3 Å². The number of rotatable bonds is 4. The highest BCUT2D eigenvalue weighted by atomic mass is 19.3. The molecule has 1 rings (SSSR count). The smallest absolute Gasteiger partial charge is 0.320 e. The topological polar surface area (TPSA) is 43.4 Å². The van der Waals surface area contributed by atoms with E-state index in [4.69, 9.17) is 4.74 Å². The molecule has 0 aromatic carbocycles. The fourth-order valence-electron chi connectivity index (χ4n) is 1.69. The van der Waals surface area contributed by atoms with Gasteiger partial charge in [0.25, 0.3) is 0 Å². The van der Waals surface area contributed by atoms with Crippen LogP contribution in [0.2, 0.25) is 0 Å². The lowest BCUT2D eigenvalue weighted by molar-refractivity contribution is -0.158. The van der Waals surface area contributed by atoms with Crippen molar-refractivity contribution in [3.63, 3.8) is 0 Å². The van der Waals surface area contributed by atoms with Gasteiger partial charge in [-0.1, -0.05) is 0 Å². The van der Waals surface area contributed by atoms with Gasteiger partial charge in [0.05, 0.1) is 6.10 Å². The number of carbonyl (C=O) groups excluding carboxylic acids is 2. The number of hydrogen-bond acceptors (Lipinski definition) is 3. The van der Waals surface area contributed by atoms with Crippen LogP contribution in [0.25, 0.3) is 0 Å². The van der Waals surface area contributed by atoms with E-state index in [-0.39, 0.29) is 6.42 Å². The summed E-state index contributed by atoms with van der Waals surface area (Å²) in [6.07, 6.45) is -3.13. The Hall–Kier alpha value is -1.00. The van der Waals surface area contributed by atoms with Crippen LogP contribution in [0.3, 0.4) is 0 Å². The third-order valence-corrected chi connectivity index (χ3v) is 2.65. The molecule has 2 unspecified atom stereocenters. The van der Waals surface area contributed by atoms with Gasteiger partial charge in [0.2, 0.25) is 6.43 Å². The van der Waals surface area contributed by atoms with E-state index in [9.17, 15) is 18.4 Å². The predicted molar refractivity (Wildman–Crippen MR) is 48.5 cm³/mol. The Morgan fingerprint density at radius 3 is 2.20 bits per heavy atom. The highest BCUT2D eigenvalue weighted by Gasteiger charge is 2.68. The predicted octanol–water partition coefficient (Wildman–Crippen LogP) is 1.80. The van der Waals surface area contributed by atoms with E-state index in [0.29, 0.717) is 0 Å². The summed E-state index contributed by atoms with van der Waals surface area (Å²) in [6, 6.07) is 0. The Labute approximate surface area is 86.8 Å². The first kappa shape index (κ1) is 12.1. The average Bonchev–Trinajstić information content (AvgIpc) is 2.77. The summed E-state index contributed by atoms with van der Waals surface area (Å²) >= 11 is 0. The monoisotopic (exact) mass is 220 g/mol. The van der Waals surface area contributed by atoms with Gasteiger partial charge in [0.15, 0.2) is 0 Å². The maximum absolute atomic E-state index is 12.4. The number of ether oxygens (including phenoxy) is 1. The lowest BCUT2D eigenvalue weighted by Gasteiger charge is -2.15. The van der Waals surface area contributed by atoms with Crippen LogP contribution < -0.4 is 0 Å². The van der Waals surface area contributed by atoms with Crippen molar-refractivity contribution in [1.82, 2.24) is 0 Å². The summed E-state index contributed by atoms with van der Waals surface area (Å²) in [7, 11) is 0. The summed E-state index contributed by atoms with van der Waals surface area (Å²) in [5, 5.41) is 0. The van der Waals surface area contributed by atoms with Gasteiger partial charge in [-0.15, -0.1) is 0 Å². The van der Waals surface area contributed by atoms with E-state index < -0.39 is 35.6 Å². The molecule has 1 aliphatic carbocycles. The molecular formula is C10H14F2O3. The molecule has 2 atom stereocenters. The first-order valence-corrected chi connectivity index (χ1v) is 4.82. The second kappa shape index (κ2) is 3.87. The lowest BCUT2D eigenvalue weighted by Crippen LogP contribution is -2.31. The molecule has 0 aromatic heterocycles. The molecule has 3 nitrogen and oxygen atoms in total. The van der Waals surface area contributed by atoms with Crippen molar-refractivity contribution in [3.8, 4) is 0 Å². The molecule has 1 aliphatic rings. The molecule has 0 amide bonds. The van der Waals surface area contributed by atoms with Gasteiger partial charge in [-0.3, -0.25) is 9.59 Å². The van der Waals surface area contributed by atoms with Crippen LogP contribution in [0.5, 0.6) is 0 Å². The van der Waals surface area contributed by atoms with E-state index in [1.165, 1.54) is 0 Å². The van der Waals surface area contributed by atoms with Crippen molar-refractivity contribution in [1.29, 1.82) is 0 Å². The molecule has 1 fully saturated rings. The normalized spacial score (nSPS) is 29.4. The van der Waals surface area contributed by atoms with Gasteiger partial charge in [0, 0.05) is 5.92 Å². The van der Waals surface area contributed by atoms with Crippen LogP contribution in [0.15, 0.2) is 0 Å². The molecule has 0 N–H and O–H groups in total. The summed E-state index contributed by atoms with van der Waals surface area (Å²) in [6.45, 7) is 4.39. The molecule has 86 valence electrons. The molecule has 0 spiro atoms. The fraction of sp³-hybridized carbons (Fsp3) is 0.800. The quantitative estimate of drug-likeness (QED) is 0.536. The van der Waals surface area contributed by atoms with Gasteiger partial charge in [-0.25, -0.2) is 8.78 Å². The second-order valence-electron chi connectivity index (χ2n) is 4.13. The molecule has 0 aliphatic heterocycles. The molecule has 1 saturated carbocycles. The Balaban J connectivity index is 2.79. The highest BCUT2D eigenvalue weighted by Crippen LogP contribution is 2.57. The maximum atomic E-state index is 12.4. The lowest BCUT2D eigenvalue weighted by atomic mass is 9.99. The van der Waals surface area contributed by atoms with Crippen LogP contribution in [0.4, 0.5) is 8.78 Å². The second-order valence-corrected chi connectivity index (χ2v) is 4.13. The molecule has 0 radical (unpaired) electrons. The number of esters is 1. The van der Waals surface area contributed by atoms with Crippen LogP contribution in [0.1, 0.15) is 27.2 Å². The molecular weight excluding hydrogens is 206 g/mol. The first-order valence-electron chi connectivity index (χ1n) is 4.82. The summed E-state index contributed by atoms with van der Waals surface area (Å²) in [5.74, 6) is -2.50. The minimum absolute atomic E-state index is 0.0917. The molecule has 0 heterocycles. The third kappa shape index (κ3) is 2.01. The summed E-state index contributed by atoms with van der Waals surface area (Å²) in [4.78, 5) is 22.7. The average molecular weight is 220 g/mol. The molecule has 5 heteroatoms. The molecule has 0 aromatic rings. The van der Waals surface area contributed by atoms with Gasteiger partial charge in [0.1, 0.15) is 11.2 Å². The molecule has 15 heavy (non-hydrogen) atoms. The minimum atomic E-state index is -2.64. The maximum Gasteiger partial charge on any atom is 0.320 e. The number of carbonyl (C=O) groups is 2. The van der Waals surface area contributed by atoms with Crippen LogP contribution in [-0.4, -0.2) is 24.3 Å². The highest BCUT2D eigenvalue weighted by molar-refractivity contribution is 6.06. The molecule has 0 saturated heterocycles. The summed E-state index contributed by atoms with van der Waals surface area (Å²) in [5.41, 5.74) is -1.57. The Kier molecular flexibility index (Phi) is 3.11. The van der Waals surface area contributed by atoms with Gasteiger partial charge in [-0.05, 0) is 27.2 Å². The number of halogens is 2.